The number of methoxy groups -OCH3 is 2. The first-order valence-corrected chi connectivity index (χ1v) is 15.3. The summed E-state index contributed by atoms with van der Waals surface area (Å²) in [5, 5.41) is 0. The van der Waals surface area contributed by atoms with E-state index < -0.39 is 11.2 Å². The zero-order valence-electron chi connectivity index (χ0n) is 23.8. The third-order valence-corrected chi connectivity index (χ3v) is 12.9. The van der Waals surface area contributed by atoms with Crippen LogP contribution in [0.1, 0.15) is 51.0 Å². The molecule has 0 aromatic heterocycles. The maximum atomic E-state index is 15.0. The van der Waals surface area contributed by atoms with Crippen molar-refractivity contribution in [2.75, 3.05) is 27.4 Å². The Bertz CT molecular complexity index is 1310. The maximum Gasteiger partial charge on any atom is 0.176 e. The van der Waals surface area contributed by atoms with E-state index >= 15 is 0 Å². The lowest BCUT2D eigenvalue weighted by molar-refractivity contribution is -0.280. The van der Waals surface area contributed by atoms with E-state index in [1.807, 2.05) is 12.1 Å². The average Bonchev–Trinajstić information content (AvgIpc) is 3.63. The van der Waals surface area contributed by atoms with E-state index in [-0.39, 0.29) is 64.0 Å². The molecule has 10 atom stereocenters. The third-order valence-electron chi connectivity index (χ3n) is 12.9. The first-order valence-electron chi connectivity index (χ1n) is 15.3. The molecule has 1 spiro atoms. The van der Waals surface area contributed by atoms with E-state index in [1.54, 1.807) is 14.2 Å². The number of hydrogen-bond donors (Lipinski definition) is 0. The summed E-state index contributed by atoms with van der Waals surface area (Å²) < 4.78 is 24.6. The second kappa shape index (κ2) is 8.39. The van der Waals surface area contributed by atoms with E-state index in [9.17, 15) is 9.59 Å². The minimum Gasteiger partial charge on any atom is -0.497 e. The van der Waals surface area contributed by atoms with Gasteiger partial charge in [0, 0.05) is 42.6 Å². The Balaban J connectivity index is 1.34. The van der Waals surface area contributed by atoms with Crippen molar-refractivity contribution >= 4 is 11.6 Å². The molecule has 1 heterocycles. The lowest BCUT2D eigenvalue weighted by Gasteiger charge is -2.59. The van der Waals surface area contributed by atoms with Crippen molar-refractivity contribution in [3.8, 4) is 5.75 Å². The van der Waals surface area contributed by atoms with Gasteiger partial charge in [0.15, 0.2) is 5.79 Å². The van der Waals surface area contributed by atoms with Gasteiger partial charge in [0.2, 0.25) is 0 Å². The van der Waals surface area contributed by atoms with Gasteiger partial charge in [0.1, 0.15) is 17.3 Å². The van der Waals surface area contributed by atoms with Crippen LogP contribution in [0.4, 0.5) is 0 Å². The van der Waals surface area contributed by atoms with Crippen LogP contribution in [0.5, 0.6) is 5.75 Å². The fourth-order valence-electron chi connectivity index (χ4n) is 11.6. The fraction of sp³-hybridized carbons (Fsp3) is 0.647. The molecule has 1 aliphatic heterocycles. The monoisotopic (exact) mass is 544 g/mol. The number of rotatable bonds is 3. The zero-order valence-corrected chi connectivity index (χ0v) is 23.8. The Labute approximate surface area is 236 Å². The highest BCUT2D eigenvalue weighted by atomic mass is 16.7. The number of benzene rings is 1. The van der Waals surface area contributed by atoms with Gasteiger partial charge in [-0.2, -0.15) is 0 Å². The molecule has 6 aliphatic carbocycles. The molecule has 212 valence electrons. The van der Waals surface area contributed by atoms with Gasteiger partial charge in [-0.25, -0.2) is 0 Å². The van der Waals surface area contributed by atoms with Crippen molar-refractivity contribution in [3.05, 3.63) is 54.1 Å². The number of ketones is 2. The number of carbonyl (C=O) groups excluding carboxylic acids is 2. The number of hydrogen-bond acceptors (Lipinski definition) is 6. The Morgan fingerprint density at radius 2 is 1.68 bits per heavy atom. The molecule has 4 saturated carbocycles. The summed E-state index contributed by atoms with van der Waals surface area (Å²) in [5.74, 6) is -0.881. The number of ether oxygens (including phenoxy) is 4. The largest absolute Gasteiger partial charge is 0.497 e. The molecule has 6 heteroatoms. The molecule has 2 bridgehead atoms. The van der Waals surface area contributed by atoms with E-state index in [1.165, 1.54) is 5.56 Å². The Morgan fingerprint density at radius 3 is 2.40 bits per heavy atom. The summed E-state index contributed by atoms with van der Waals surface area (Å²) in [4.78, 5) is 29.7. The van der Waals surface area contributed by atoms with Crippen LogP contribution in [-0.4, -0.2) is 50.9 Å². The predicted molar refractivity (Wildman–Crippen MR) is 148 cm³/mol. The molecule has 0 unspecified atom stereocenters. The highest BCUT2D eigenvalue weighted by Gasteiger charge is 2.82. The summed E-state index contributed by atoms with van der Waals surface area (Å²) >= 11 is 0. The number of fused-ring (bicyclic) bond motifs is 7. The first-order chi connectivity index (χ1) is 19.4. The Morgan fingerprint density at radius 1 is 0.925 bits per heavy atom. The van der Waals surface area contributed by atoms with Crippen LogP contribution in [-0.2, 0) is 29.2 Å². The van der Waals surface area contributed by atoms with Gasteiger partial charge in [0.25, 0.3) is 0 Å². The third kappa shape index (κ3) is 2.68. The van der Waals surface area contributed by atoms with Gasteiger partial charge in [-0.15, -0.1) is 0 Å². The summed E-state index contributed by atoms with van der Waals surface area (Å²) in [5.41, 5.74) is 0.363. The summed E-state index contributed by atoms with van der Waals surface area (Å²) in [6.45, 7) is 3.43. The molecule has 0 radical (unpaired) electrons. The molecule has 40 heavy (non-hydrogen) atoms. The lowest BCUT2D eigenvalue weighted by Crippen LogP contribution is -2.67. The van der Waals surface area contributed by atoms with Crippen LogP contribution >= 0.6 is 0 Å². The summed E-state index contributed by atoms with van der Waals surface area (Å²) in [6, 6.07) is 8.38. The highest BCUT2D eigenvalue weighted by molar-refractivity contribution is 5.94. The quantitative estimate of drug-likeness (QED) is 0.496. The van der Waals surface area contributed by atoms with Gasteiger partial charge >= 0.3 is 0 Å². The van der Waals surface area contributed by atoms with Crippen molar-refractivity contribution in [1.29, 1.82) is 0 Å². The van der Waals surface area contributed by atoms with Crippen molar-refractivity contribution in [2.24, 2.45) is 46.3 Å². The number of carbonyl (C=O) groups is 2. The lowest BCUT2D eigenvalue weighted by atomic mass is 9.46. The van der Waals surface area contributed by atoms with Gasteiger partial charge in [0.05, 0.1) is 32.3 Å². The van der Waals surface area contributed by atoms with E-state index in [0.29, 0.717) is 26.1 Å². The Hall–Kier alpha value is -2.28. The van der Waals surface area contributed by atoms with Gasteiger partial charge < -0.3 is 18.9 Å². The van der Waals surface area contributed by atoms with Crippen LogP contribution in [0.15, 0.2) is 48.6 Å². The molecule has 1 aromatic rings. The molecule has 7 aliphatic rings. The molecule has 0 N–H and O–H groups in total. The van der Waals surface area contributed by atoms with Crippen LogP contribution in [0.25, 0.3) is 0 Å². The minimum atomic E-state index is -0.911. The molecule has 0 amide bonds. The van der Waals surface area contributed by atoms with Gasteiger partial charge in [-0.3, -0.25) is 9.59 Å². The second-order valence-corrected chi connectivity index (χ2v) is 13.6. The molecule has 6 nitrogen and oxygen atoms in total. The van der Waals surface area contributed by atoms with E-state index in [2.05, 4.69) is 43.4 Å². The fourth-order valence-corrected chi connectivity index (χ4v) is 11.6. The van der Waals surface area contributed by atoms with E-state index in [0.717, 1.165) is 31.4 Å². The van der Waals surface area contributed by atoms with Crippen LogP contribution in [0.3, 0.4) is 0 Å². The Kier molecular flexibility index (Phi) is 5.34. The zero-order chi connectivity index (χ0) is 27.5. The SMILES string of the molecule is COc1ccc([C@]23C=C[C@@]4(CCCC[C@]24C)[C@H]2[C@@H]4C(=O)[C@H]5[C@@H](OC)C=CC[C@H]5C5(OCCO5)[C@@H]4CC(=O)[C@H]23)cc1. The van der Waals surface area contributed by atoms with Crippen molar-refractivity contribution in [2.45, 2.75) is 62.8 Å². The molecule has 8 rings (SSSR count). The smallest absolute Gasteiger partial charge is 0.176 e. The maximum absolute atomic E-state index is 15.0. The molecular weight excluding hydrogens is 504 g/mol. The number of Topliss-reactive ketones (excluding diaryl/α,β-unsaturated/α-hetero) is 2. The summed E-state index contributed by atoms with van der Waals surface area (Å²) in [7, 11) is 3.38. The van der Waals surface area contributed by atoms with Crippen molar-refractivity contribution in [3.63, 3.8) is 0 Å². The van der Waals surface area contributed by atoms with E-state index in [4.69, 9.17) is 18.9 Å². The average molecular weight is 545 g/mol. The highest BCUT2D eigenvalue weighted by Crippen LogP contribution is 2.81. The van der Waals surface area contributed by atoms with Crippen molar-refractivity contribution in [1.82, 2.24) is 0 Å². The summed E-state index contributed by atoms with van der Waals surface area (Å²) in [6.07, 6.45) is 14.1. The van der Waals surface area contributed by atoms with Crippen LogP contribution in [0.2, 0.25) is 0 Å². The minimum absolute atomic E-state index is 0.0716. The molecule has 5 fully saturated rings. The molecule has 1 saturated heterocycles. The van der Waals surface area contributed by atoms with Gasteiger partial charge in [-0.1, -0.05) is 56.2 Å². The first kappa shape index (κ1) is 25.4. The standard InChI is InChI=1S/C34H40O6/c1-31-13-4-5-14-32(31)15-16-33(31,20-9-11-21(37-2)12-10-20)28-24(35)19-23-27(29(28)32)30(36)26-22(7-6-8-25(26)38-3)34(23)39-17-18-40-34/h6,8-12,15-16,22-23,25-29H,4-5,7,13-14,17-19H2,1-3H3/t22-,23-,25+,26-,27-,28-,29+,31+,32+,33+/m1/s1. The van der Waals surface area contributed by atoms with Crippen LogP contribution < -0.4 is 4.74 Å². The number of allylic oxidation sites excluding steroid dienone is 3. The predicted octanol–water partition coefficient (Wildman–Crippen LogP) is 5.05. The normalized spacial score (nSPS) is 47.6. The topological polar surface area (TPSA) is 71.1 Å². The molecular formula is C34H40O6. The molecule has 1 aromatic carbocycles. The van der Waals surface area contributed by atoms with Crippen molar-refractivity contribution < 1.29 is 28.5 Å². The second-order valence-electron chi connectivity index (χ2n) is 13.6. The van der Waals surface area contributed by atoms with Gasteiger partial charge in [-0.05, 0) is 53.7 Å². The van der Waals surface area contributed by atoms with Crippen LogP contribution in [0, 0.1) is 46.3 Å².